The SMILES string of the molecule is CN=C(NCc1cn(C)nc1C(F)(F)F)N1CCC(C(=O)N2CCOCC2)CC1.I. The molecule has 1 aromatic heterocycles. The van der Waals surface area contributed by atoms with E-state index in [1.54, 1.807) is 7.05 Å². The van der Waals surface area contributed by atoms with Crippen molar-refractivity contribution in [1.29, 1.82) is 0 Å². The van der Waals surface area contributed by atoms with Crippen molar-refractivity contribution >= 4 is 35.8 Å². The summed E-state index contributed by atoms with van der Waals surface area (Å²) in [6, 6.07) is 0. The monoisotopic (exact) mass is 544 g/mol. The number of alkyl halides is 3. The maximum atomic E-state index is 13.1. The molecule has 0 radical (unpaired) electrons. The summed E-state index contributed by atoms with van der Waals surface area (Å²) in [6.07, 6.45) is -1.76. The van der Waals surface area contributed by atoms with Gasteiger partial charge in [0.05, 0.1) is 13.2 Å². The second-order valence-electron chi connectivity index (χ2n) is 7.27. The Balaban J connectivity index is 0.00000320. The van der Waals surface area contributed by atoms with Gasteiger partial charge in [0.1, 0.15) is 0 Å². The summed E-state index contributed by atoms with van der Waals surface area (Å²) in [5.41, 5.74) is -0.823. The van der Waals surface area contributed by atoms with Gasteiger partial charge < -0.3 is 19.9 Å². The minimum absolute atomic E-state index is 0. The molecule has 3 rings (SSSR count). The third-order valence-electron chi connectivity index (χ3n) is 5.29. The fourth-order valence-corrected chi connectivity index (χ4v) is 3.79. The molecule has 0 unspecified atom stereocenters. The van der Waals surface area contributed by atoms with Gasteiger partial charge in [0.2, 0.25) is 5.91 Å². The number of amides is 1. The highest BCUT2D eigenvalue weighted by Crippen LogP contribution is 2.30. The number of ether oxygens (including phenoxy) is 1. The van der Waals surface area contributed by atoms with Crippen molar-refractivity contribution in [3.63, 3.8) is 0 Å². The van der Waals surface area contributed by atoms with Gasteiger partial charge in [0.25, 0.3) is 0 Å². The van der Waals surface area contributed by atoms with Crippen LogP contribution < -0.4 is 5.32 Å². The number of nitrogens with zero attached hydrogens (tertiary/aromatic N) is 5. The number of nitrogens with one attached hydrogen (secondary N) is 1. The number of morpholine rings is 1. The van der Waals surface area contributed by atoms with E-state index in [1.807, 2.05) is 9.80 Å². The van der Waals surface area contributed by atoms with Gasteiger partial charge in [-0.2, -0.15) is 18.3 Å². The molecule has 2 saturated heterocycles. The zero-order valence-electron chi connectivity index (χ0n) is 17.1. The van der Waals surface area contributed by atoms with Gasteiger partial charge >= 0.3 is 6.18 Å². The Morgan fingerprint density at radius 3 is 2.43 bits per heavy atom. The Bertz CT molecular complexity index is 741. The van der Waals surface area contributed by atoms with E-state index in [2.05, 4.69) is 15.4 Å². The molecule has 8 nitrogen and oxygen atoms in total. The summed E-state index contributed by atoms with van der Waals surface area (Å²) >= 11 is 0. The molecule has 2 aliphatic rings. The predicted octanol–water partition coefficient (Wildman–Crippen LogP) is 1.70. The predicted molar refractivity (Wildman–Crippen MR) is 116 cm³/mol. The van der Waals surface area contributed by atoms with Crippen molar-refractivity contribution < 1.29 is 22.7 Å². The number of halogens is 4. The molecule has 0 saturated carbocycles. The van der Waals surface area contributed by atoms with Crippen LogP contribution in [0.25, 0.3) is 0 Å². The van der Waals surface area contributed by atoms with Crippen LogP contribution in [-0.4, -0.2) is 77.9 Å². The average molecular weight is 544 g/mol. The number of piperidine rings is 1. The van der Waals surface area contributed by atoms with Gasteiger partial charge in [-0.1, -0.05) is 0 Å². The second-order valence-corrected chi connectivity index (χ2v) is 7.27. The highest BCUT2D eigenvalue weighted by molar-refractivity contribution is 14.0. The number of carbonyl (C=O) groups is 1. The number of aromatic nitrogens is 2. The molecule has 0 aromatic carbocycles. The Kier molecular flexibility index (Phi) is 8.76. The molecular formula is C18H28F3IN6O2. The normalized spacial score (nSPS) is 18.9. The number of aliphatic imine (C=N–C) groups is 1. The summed E-state index contributed by atoms with van der Waals surface area (Å²) in [5, 5.41) is 6.52. The van der Waals surface area contributed by atoms with E-state index in [0.29, 0.717) is 58.2 Å². The van der Waals surface area contributed by atoms with Crippen LogP contribution in [0, 0.1) is 5.92 Å². The van der Waals surface area contributed by atoms with Gasteiger partial charge in [-0.15, -0.1) is 24.0 Å². The average Bonchev–Trinajstić information content (AvgIpc) is 3.10. The maximum Gasteiger partial charge on any atom is 0.435 e. The molecule has 170 valence electrons. The second kappa shape index (κ2) is 10.6. The summed E-state index contributed by atoms with van der Waals surface area (Å²) in [6.45, 7) is 3.65. The van der Waals surface area contributed by atoms with Crippen LogP contribution in [0.5, 0.6) is 0 Å². The number of hydrogen-bond donors (Lipinski definition) is 1. The third kappa shape index (κ3) is 5.99. The van der Waals surface area contributed by atoms with Crippen molar-refractivity contribution in [2.24, 2.45) is 18.0 Å². The lowest BCUT2D eigenvalue weighted by Gasteiger charge is -2.36. The molecule has 3 heterocycles. The van der Waals surface area contributed by atoms with Crippen molar-refractivity contribution in [3.05, 3.63) is 17.5 Å². The Morgan fingerprint density at radius 2 is 1.87 bits per heavy atom. The van der Waals surface area contributed by atoms with Crippen LogP contribution in [0.15, 0.2) is 11.2 Å². The largest absolute Gasteiger partial charge is 0.435 e. The van der Waals surface area contributed by atoms with Crippen LogP contribution in [0.3, 0.4) is 0 Å². The van der Waals surface area contributed by atoms with E-state index in [0.717, 1.165) is 4.68 Å². The first-order valence-electron chi connectivity index (χ1n) is 9.71. The molecule has 30 heavy (non-hydrogen) atoms. The van der Waals surface area contributed by atoms with Crippen molar-refractivity contribution in [2.75, 3.05) is 46.4 Å². The lowest BCUT2D eigenvalue weighted by molar-refractivity contribution is -0.142. The first-order chi connectivity index (χ1) is 13.8. The first-order valence-corrected chi connectivity index (χ1v) is 9.71. The minimum atomic E-state index is -4.50. The highest BCUT2D eigenvalue weighted by atomic mass is 127. The number of hydrogen-bond acceptors (Lipinski definition) is 4. The summed E-state index contributed by atoms with van der Waals surface area (Å²) in [4.78, 5) is 20.7. The molecule has 1 N–H and O–H groups in total. The Hall–Kier alpha value is -1.57. The number of aryl methyl sites for hydroxylation is 1. The lowest BCUT2D eigenvalue weighted by atomic mass is 9.95. The zero-order valence-corrected chi connectivity index (χ0v) is 19.4. The molecule has 2 fully saturated rings. The Labute approximate surface area is 190 Å². The highest BCUT2D eigenvalue weighted by Gasteiger charge is 2.37. The molecular weight excluding hydrogens is 516 g/mol. The van der Waals surface area contributed by atoms with E-state index < -0.39 is 11.9 Å². The van der Waals surface area contributed by atoms with E-state index in [4.69, 9.17) is 4.74 Å². The molecule has 1 aromatic rings. The topological polar surface area (TPSA) is 75.0 Å². The van der Waals surface area contributed by atoms with Gasteiger partial charge in [-0.25, -0.2) is 0 Å². The van der Waals surface area contributed by atoms with Crippen molar-refractivity contribution in [2.45, 2.75) is 25.6 Å². The third-order valence-corrected chi connectivity index (χ3v) is 5.29. The van der Waals surface area contributed by atoms with E-state index in [9.17, 15) is 18.0 Å². The fourth-order valence-electron chi connectivity index (χ4n) is 3.79. The lowest BCUT2D eigenvalue weighted by Crippen LogP contribution is -2.49. The minimum Gasteiger partial charge on any atom is -0.378 e. The summed E-state index contributed by atoms with van der Waals surface area (Å²) in [7, 11) is 3.06. The molecule has 2 aliphatic heterocycles. The molecule has 0 spiro atoms. The van der Waals surface area contributed by atoms with E-state index in [-0.39, 0.29) is 47.9 Å². The van der Waals surface area contributed by atoms with Gasteiger partial charge in [-0.3, -0.25) is 14.5 Å². The molecule has 0 atom stereocenters. The Morgan fingerprint density at radius 1 is 1.23 bits per heavy atom. The number of guanidine groups is 1. The van der Waals surface area contributed by atoms with E-state index >= 15 is 0 Å². The molecule has 12 heteroatoms. The first kappa shape index (κ1) is 24.7. The van der Waals surface area contributed by atoms with Gasteiger partial charge in [0.15, 0.2) is 11.7 Å². The van der Waals surface area contributed by atoms with Crippen LogP contribution in [-0.2, 0) is 29.3 Å². The number of carbonyl (C=O) groups excluding carboxylic acids is 1. The molecule has 0 bridgehead atoms. The molecule has 1 amide bonds. The maximum absolute atomic E-state index is 13.1. The van der Waals surface area contributed by atoms with Crippen LogP contribution in [0.4, 0.5) is 13.2 Å². The van der Waals surface area contributed by atoms with Gasteiger partial charge in [-0.05, 0) is 12.8 Å². The standard InChI is InChI=1S/C18H27F3N6O2.HI/c1-22-17(23-11-14-12-25(2)24-15(14)18(19,20)21)27-5-3-13(4-6-27)16(28)26-7-9-29-10-8-26;/h12-13H,3-11H2,1-2H3,(H,22,23);1H. The number of likely N-dealkylation sites (tertiary alicyclic amines) is 1. The van der Waals surface area contributed by atoms with E-state index in [1.165, 1.54) is 13.2 Å². The fraction of sp³-hybridized carbons (Fsp3) is 0.722. The van der Waals surface area contributed by atoms with Gasteiger partial charge in [0, 0.05) is 64.5 Å². The van der Waals surface area contributed by atoms with Crippen molar-refractivity contribution in [3.8, 4) is 0 Å². The van der Waals surface area contributed by atoms with Crippen LogP contribution >= 0.6 is 24.0 Å². The zero-order chi connectivity index (χ0) is 21.0. The van der Waals surface area contributed by atoms with Crippen LogP contribution in [0.2, 0.25) is 0 Å². The quantitative estimate of drug-likeness (QED) is 0.357. The smallest absolute Gasteiger partial charge is 0.378 e. The van der Waals surface area contributed by atoms with Crippen LogP contribution in [0.1, 0.15) is 24.1 Å². The molecule has 0 aliphatic carbocycles. The van der Waals surface area contributed by atoms with Crippen molar-refractivity contribution in [1.82, 2.24) is 24.9 Å². The number of rotatable bonds is 3. The summed E-state index contributed by atoms with van der Waals surface area (Å²) < 4.78 is 45.8. The summed E-state index contributed by atoms with van der Waals surface area (Å²) in [5.74, 6) is 0.665.